The molecule has 66 heavy (non-hydrogen) atoms. The number of allylic oxidation sites excluding steroid dienone is 3. The fraction of sp³-hybridized carbons (Fsp3) is 0.0833. The van der Waals surface area contributed by atoms with Gasteiger partial charge in [0.15, 0.2) is 0 Å². The first kappa shape index (κ1) is 39.3. The van der Waals surface area contributed by atoms with Crippen molar-refractivity contribution >= 4 is 93.6 Å². The van der Waals surface area contributed by atoms with Crippen LogP contribution in [0.1, 0.15) is 24.5 Å². The van der Waals surface area contributed by atoms with E-state index in [1.54, 1.807) is 0 Å². The van der Waals surface area contributed by atoms with Crippen molar-refractivity contribution in [2.75, 3.05) is 6.61 Å². The largest absolute Gasteiger partial charge is 0.487 e. The monoisotopic (exact) mass is 854 g/mol. The maximum Gasteiger partial charge on any atom is 0.144 e. The van der Waals surface area contributed by atoms with Crippen LogP contribution in [0.15, 0.2) is 221 Å². The molecule has 0 fully saturated rings. The van der Waals surface area contributed by atoms with E-state index >= 15 is 0 Å². The molecule has 6 nitrogen and oxygen atoms in total. The number of hydrogen-bond acceptors (Lipinski definition) is 4. The van der Waals surface area contributed by atoms with Crippen LogP contribution >= 0.6 is 0 Å². The number of para-hydroxylation sites is 6. The van der Waals surface area contributed by atoms with E-state index in [1.807, 2.05) is 24.3 Å². The summed E-state index contributed by atoms with van der Waals surface area (Å²) < 4.78 is 18.0. The van der Waals surface area contributed by atoms with Crippen molar-refractivity contribution in [2.24, 2.45) is 16.6 Å². The maximum absolute atomic E-state index is 7.45. The number of aromatic nitrogens is 2. The molecule has 0 saturated carbocycles. The average molecular weight is 855 g/mol. The smallest absolute Gasteiger partial charge is 0.144 e. The lowest BCUT2D eigenvalue weighted by Gasteiger charge is -2.20. The topological polar surface area (TPSA) is 70.6 Å². The molecular formula is C60H46N4O2. The second-order valence-corrected chi connectivity index (χ2v) is 17.3. The molecule has 1 aliphatic heterocycles. The van der Waals surface area contributed by atoms with Gasteiger partial charge in [-0.1, -0.05) is 159 Å². The van der Waals surface area contributed by atoms with E-state index in [2.05, 4.69) is 193 Å². The van der Waals surface area contributed by atoms with E-state index in [4.69, 9.17) is 19.9 Å². The summed E-state index contributed by atoms with van der Waals surface area (Å²) in [6.45, 7) is 7.16. The highest BCUT2D eigenvalue weighted by molar-refractivity contribution is 6.16. The van der Waals surface area contributed by atoms with Crippen LogP contribution in [-0.4, -0.2) is 21.6 Å². The molecule has 12 rings (SSSR count). The highest BCUT2D eigenvalue weighted by atomic mass is 16.5. The van der Waals surface area contributed by atoms with Crippen LogP contribution in [0.25, 0.3) is 87.7 Å². The first-order valence-electron chi connectivity index (χ1n) is 22.7. The van der Waals surface area contributed by atoms with Crippen molar-refractivity contribution in [3.8, 4) is 5.75 Å². The Morgan fingerprint density at radius 3 is 2.06 bits per heavy atom. The highest BCUT2D eigenvalue weighted by Gasteiger charge is 2.23. The minimum Gasteiger partial charge on any atom is -0.487 e. The minimum atomic E-state index is -0.112. The fourth-order valence-corrected chi connectivity index (χ4v) is 10.1. The lowest BCUT2D eigenvalue weighted by atomic mass is 10.0. The normalized spacial score (nSPS) is 15.4. The summed E-state index contributed by atoms with van der Waals surface area (Å²) in [6, 6.07) is 61.6. The molecule has 1 atom stereocenters. The molecule has 11 aromatic rings. The summed E-state index contributed by atoms with van der Waals surface area (Å²) in [6.07, 6.45) is 7.88. The number of nitrogens with zero attached hydrogens (tertiary/aromatic N) is 3. The average Bonchev–Trinajstić information content (AvgIpc) is 4.03. The summed E-state index contributed by atoms with van der Waals surface area (Å²) in [7, 11) is 0. The van der Waals surface area contributed by atoms with Crippen LogP contribution in [0.5, 0.6) is 5.75 Å². The lowest BCUT2D eigenvalue weighted by molar-refractivity contribution is 0.361. The van der Waals surface area contributed by atoms with Gasteiger partial charge in [-0.15, -0.1) is 0 Å². The van der Waals surface area contributed by atoms with Gasteiger partial charge in [0.2, 0.25) is 0 Å². The first-order valence-corrected chi connectivity index (χ1v) is 22.7. The van der Waals surface area contributed by atoms with E-state index in [1.165, 1.54) is 32.3 Å². The molecule has 0 bridgehead atoms. The molecule has 2 N–H and O–H groups in total. The van der Waals surface area contributed by atoms with Gasteiger partial charge in [0, 0.05) is 55.1 Å². The number of fused-ring (bicyclic) bond motifs is 11. The Hall–Kier alpha value is -8.35. The van der Waals surface area contributed by atoms with Gasteiger partial charge in [-0.05, 0) is 77.7 Å². The van der Waals surface area contributed by atoms with Crippen LogP contribution < -0.4 is 10.5 Å². The van der Waals surface area contributed by atoms with Crippen molar-refractivity contribution in [2.45, 2.75) is 19.8 Å². The molecule has 6 heteroatoms. The molecular weight excluding hydrogens is 809 g/mol. The third-order valence-corrected chi connectivity index (χ3v) is 13.3. The summed E-state index contributed by atoms with van der Waals surface area (Å²) in [4.78, 5) is 5.52. The van der Waals surface area contributed by atoms with E-state index in [9.17, 15) is 0 Å². The molecule has 0 spiro atoms. The lowest BCUT2D eigenvalue weighted by Crippen LogP contribution is -2.21. The second kappa shape index (κ2) is 16.0. The van der Waals surface area contributed by atoms with Crippen molar-refractivity contribution in [1.82, 2.24) is 9.13 Å². The summed E-state index contributed by atoms with van der Waals surface area (Å²) in [5.74, 6) is 1.62. The maximum atomic E-state index is 7.45. The first-order chi connectivity index (χ1) is 32.5. The minimum absolute atomic E-state index is 0.112. The number of rotatable bonds is 7. The van der Waals surface area contributed by atoms with Crippen molar-refractivity contribution in [3.63, 3.8) is 0 Å². The molecule has 1 unspecified atom stereocenters. The molecule has 0 amide bonds. The Morgan fingerprint density at radius 1 is 0.667 bits per heavy atom. The van der Waals surface area contributed by atoms with Gasteiger partial charge < -0.3 is 19.5 Å². The highest BCUT2D eigenvalue weighted by Crippen LogP contribution is 2.39. The van der Waals surface area contributed by atoms with Gasteiger partial charge >= 0.3 is 0 Å². The Bertz CT molecular complexity index is 3830. The second-order valence-electron chi connectivity index (χ2n) is 17.3. The predicted molar refractivity (Wildman–Crippen MR) is 276 cm³/mol. The van der Waals surface area contributed by atoms with Gasteiger partial charge in [0.05, 0.1) is 33.5 Å². The molecule has 8 aromatic carbocycles. The van der Waals surface area contributed by atoms with Crippen molar-refractivity contribution in [1.29, 1.82) is 0 Å². The Morgan fingerprint density at radius 2 is 1.29 bits per heavy atom. The van der Waals surface area contributed by atoms with E-state index < -0.39 is 0 Å². The summed E-state index contributed by atoms with van der Waals surface area (Å²) in [5.41, 5.74) is 18.6. The molecule has 0 radical (unpaired) electrons. The zero-order valence-corrected chi connectivity index (χ0v) is 36.6. The van der Waals surface area contributed by atoms with Gasteiger partial charge in [0.1, 0.15) is 29.4 Å². The van der Waals surface area contributed by atoms with Crippen LogP contribution in [0, 0.1) is 5.92 Å². The van der Waals surface area contributed by atoms with E-state index in [0.29, 0.717) is 30.8 Å². The van der Waals surface area contributed by atoms with Crippen LogP contribution in [0.3, 0.4) is 0 Å². The zero-order chi connectivity index (χ0) is 44.3. The summed E-state index contributed by atoms with van der Waals surface area (Å²) in [5, 5.41) is 9.17. The van der Waals surface area contributed by atoms with Crippen molar-refractivity contribution < 1.29 is 9.15 Å². The Labute approximate surface area is 382 Å². The van der Waals surface area contributed by atoms with E-state index in [0.717, 1.165) is 78.0 Å². The molecule has 1 aliphatic rings. The Balaban J connectivity index is 1.02. The van der Waals surface area contributed by atoms with Crippen LogP contribution in [0.4, 0.5) is 0 Å². The molecule has 318 valence electrons. The number of furan rings is 1. The van der Waals surface area contributed by atoms with Crippen molar-refractivity contribution in [3.05, 3.63) is 223 Å². The number of hydrogen-bond donors (Lipinski definition) is 1. The molecule has 0 saturated heterocycles. The third-order valence-electron chi connectivity index (χ3n) is 13.3. The number of ether oxygens (including phenoxy) is 1. The SMILES string of the molecule is C=C(N=C(C(C)C/C=C(N)\C1=C(/n2c3ccccc3c3cc4ccccc4cc32)COc2ccccc2CC=C1)n1c2ccccc2c2ccccc21)c1cccc2c1oc1ccccc12. The quantitative estimate of drug-likeness (QED) is 0.128. The third kappa shape index (κ3) is 6.52. The van der Waals surface area contributed by atoms with Gasteiger partial charge in [-0.2, -0.15) is 0 Å². The van der Waals surface area contributed by atoms with Crippen LogP contribution in [-0.2, 0) is 6.42 Å². The van der Waals surface area contributed by atoms with Gasteiger partial charge in [0.25, 0.3) is 0 Å². The molecule has 3 aromatic heterocycles. The Kier molecular flexibility index (Phi) is 9.53. The number of aliphatic imine (C=N–C) groups is 1. The standard InChI is InChI=1S/C60H46N4O2/c1-38(60(64-53-29-11-6-21-44(53)45-22-7-12-30-54(45)64)62-39(2)43-25-16-26-48-47-24-9-14-32-58(47)66-59(43)48)33-34-51(61)49-27-15-20-40-17-5-13-31-57(40)65-37-56(49)63-52-28-10-8-23-46(52)50-35-41-18-3-4-19-42(41)36-55(50)63/h3-19,21-32,34-36,38H,2,20,33,37,61H2,1H3/b27-15?,51-34+,56-49-,62-60?. The van der Waals surface area contributed by atoms with E-state index in [-0.39, 0.29) is 5.92 Å². The summed E-state index contributed by atoms with van der Waals surface area (Å²) >= 11 is 0. The molecule has 0 aliphatic carbocycles. The van der Waals surface area contributed by atoms with Gasteiger partial charge in [-0.3, -0.25) is 4.57 Å². The molecule has 4 heterocycles. The fourth-order valence-electron chi connectivity index (χ4n) is 10.1. The van der Waals surface area contributed by atoms with Gasteiger partial charge in [-0.25, -0.2) is 4.99 Å². The number of nitrogens with two attached hydrogens (primary N) is 1. The predicted octanol–water partition coefficient (Wildman–Crippen LogP) is 14.8. The number of benzene rings is 8. The van der Waals surface area contributed by atoms with Crippen LogP contribution in [0.2, 0.25) is 0 Å². The zero-order valence-electron chi connectivity index (χ0n) is 36.6.